The zero-order chi connectivity index (χ0) is 14.9. The SMILES string of the molecule is Cc1nc(-c2cc(C(C)(C)C)ccc2C)c(CCN)[nH]1. The lowest BCUT2D eigenvalue weighted by atomic mass is 9.84. The molecule has 108 valence electrons. The minimum absolute atomic E-state index is 0.141. The fraction of sp³-hybridized carbons (Fsp3) is 0.471. The van der Waals surface area contributed by atoms with Gasteiger partial charge in [-0.25, -0.2) is 4.98 Å². The van der Waals surface area contributed by atoms with Crippen LogP contribution in [0.25, 0.3) is 11.3 Å². The summed E-state index contributed by atoms with van der Waals surface area (Å²) in [4.78, 5) is 8.01. The van der Waals surface area contributed by atoms with Gasteiger partial charge in [0.05, 0.1) is 5.69 Å². The van der Waals surface area contributed by atoms with Crippen LogP contribution in [0.3, 0.4) is 0 Å². The van der Waals surface area contributed by atoms with Crippen molar-refractivity contribution in [3.63, 3.8) is 0 Å². The molecule has 2 rings (SSSR count). The molecule has 0 aliphatic heterocycles. The van der Waals surface area contributed by atoms with Crippen LogP contribution in [0.1, 0.15) is 43.4 Å². The molecule has 3 heteroatoms. The molecule has 0 fully saturated rings. The summed E-state index contributed by atoms with van der Waals surface area (Å²) in [6.07, 6.45) is 0.829. The third kappa shape index (κ3) is 2.93. The Morgan fingerprint density at radius 2 is 1.90 bits per heavy atom. The average molecular weight is 271 g/mol. The van der Waals surface area contributed by atoms with Gasteiger partial charge in [-0.2, -0.15) is 0 Å². The van der Waals surface area contributed by atoms with Crippen LogP contribution < -0.4 is 5.73 Å². The van der Waals surface area contributed by atoms with Gasteiger partial charge in [-0.05, 0) is 43.0 Å². The highest BCUT2D eigenvalue weighted by Gasteiger charge is 2.18. The number of nitrogens with two attached hydrogens (primary N) is 1. The van der Waals surface area contributed by atoms with Crippen LogP contribution in [0.15, 0.2) is 18.2 Å². The Morgan fingerprint density at radius 3 is 2.50 bits per heavy atom. The van der Waals surface area contributed by atoms with Gasteiger partial charge >= 0.3 is 0 Å². The number of imidazole rings is 1. The lowest BCUT2D eigenvalue weighted by molar-refractivity contribution is 0.590. The van der Waals surface area contributed by atoms with Gasteiger partial charge in [-0.15, -0.1) is 0 Å². The third-order valence-electron chi connectivity index (χ3n) is 3.65. The molecule has 0 amide bonds. The minimum Gasteiger partial charge on any atom is -0.346 e. The Kier molecular flexibility index (Phi) is 4.00. The second kappa shape index (κ2) is 5.41. The molecule has 0 atom stereocenters. The van der Waals surface area contributed by atoms with Crippen LogP contribution in [0.2, 0.25) is 0 Å². The van der Waals surface area contributed by atoms with Gasteiger partial charge in [0, 0.05) is 17.7 Å². The van der Waals surface area contributed by atoms with E-state index in [1.807, 2.05) is 6.92 Å². The maximum Gasteiger partial charge on any atom is 0.103 e. The van der Waals surface area contributed by atoms with Crippen molar-refractivity contribution in [2.75, 3.05) is 6.54 Å². The molecule has 1 aromatic carbocycles. The van der Waals surface area contributed by atoms with E-state index in [0.717, 1.165) is 23.6 Å². The zero-order valence-corrected chi connectivity index (χ0v) is 13.2. The number of aromatic amines is 1. The van der Waals surface area contributed by atoms with Crippen molar-refractivity contribution in [1.29, 1.82) is 0 Å². The molecule has 0 spiro atoms. The minimum atomic E-state index is 0.141. The van der Waals surface area contributed by atoms with Gasteiger partial charge in [0.25, 0.3) is 0 Å². The van der Waals surface area contributed by atoms with Gasteiger partial charge in [-0.3, -0.25) is 0 Å². The second-order valence-corrected chi connectivity index (χ2v) is 6.47. The lowest BCUT2D eigenvalue weighted by Gasteiger charge is -2.20. The number of hydrogen-bond acceptors (Lipinski definition) is 2. The monoisotopic (exact) mass is 271 g/mol. The molecule has 0 saturated carbocycles. The van der Waals surface area contributed by atoms with Gasteiger partial charge in [0.15, 0.2) is 0 Å². The van der Waals surface area contributed by atoms with E-state index in [2.05, 4.69) is 55.9 Å². The molecule has 3 N–H and O–H groups in total. The van der Waals surface area contributed by atoms with E-state index in [1.165, 1.54) is 16.7 Å². The fourth-order valence-corrected chi connectivity index (χ4v) is 2.43. The Hall–Kier alpha value is -1.61. The van der Waals surface area contributed by atoms with Crippen LogP contribution >= 0.6 is 0 Å². The maximum atomic E-state index is 5.71. The molecule has 0 saturated heterocycles. The van der Waals surface area contributed by atoms with Crippen molar-refractivity contribution in [2.24, 2.45) is 5.73 Å². The van der Waals surface area contributed by atoms with Crippen molar-refractivity contribution in [1.82, 2.24) is 9.97 Å². The lowest BCUT2D eigenvalue weighted by Crippen LogP contribution is -2.11. The molecule has 1 heterocycles. The smallest absolute Gasteiger partial charge is 0.103 e. The van der Waals surface area contributed by atoms with E-state index in [4.69, 9.17) is 5.73 Å². The van der Waals surface area contributed by atoms with E-state index >= 15 is 0 Å². The first-order valence-corrected chi connectivity index (χ1v) is 7.20. The first kappa shape index (κ1) is 14.8. The number of hydrogen-bond donors (Lipinski definition) is 2. The molecular weight excluding hydrogens is 246 g/mol. The fourth-order valence-electron chi connectivity index (χ4n) is 2.43. The average Bonchev–Trinajstić information content (AvgIpc) is 2.70. The van der Waals surface area contributed by atoms with E-state index in [1.54, 1.807) is 0 Å². The first-order chi connectivity index (χ1) is 9.32. The quantitative estimate of drug-likeness (QED) is 0.897. The van der Waals surface area contributed by atoms with Gasteiger partial charge in [-0.1, -0.05) is 32.9 Å². The van der Waals surface area contributed by atoms with E-state index < -0.39 is 0 Å². The highest BCUT2D eigenvalue weighted by Crippen LogP contribution is 2.31. The molecular formula is C17H25N3. The summed E-state index contributed by atoms with van der Waals surface area (Å²) in [6.45, 7) is 11.5. The molecule has 20 heavy (non-hydrogen) atoms. The number of aryl methyl sites for hydroxylation is 2. The summed E-state index contributed by atoms with van der Waals surface area (Å²) in [5.74, 6) is 0.948. The van der Waals surface area contributed by atoms with Gasteiger partial charge in [0.1, 0.15) is 5.82 Å². The topological polar surface area (TPSA) is 54.7 Å². The van der Waals surface area contributed by atoms with Gasteiger partial charge < -0.3 is 10.7 Å². The standard InChI is InChI=1S/C17H25N3/c1-11-6-7-13(17(3,4)5)10-14(11)16-15(8-9-18)19-12(2)20-16/h6-7,10H,8-9,18H2,1-5H3,(H,19,20). The molecule has 0 aliphatic carbocycles. The van der Waals surface area contributed by atoms with Crippen LogP contribution in [-0.4, -0.2) is 16.5 Å². The second-order valence-electron chi connectivity index (χ2n) is 6.47. The summed E-state index contributed by atoms with van der Waals surface area (Å²) in [6, 6.07) is 6.66. The van der Waals surface area contributed by atoms with Gasteiger partial charge in [0.2, 0.25) is 0 Å². The van der Waals surface area contributed by atoms with E-state index in [-0.39, 0.29) is 5.41 Å². The molecule has 0 bridgehead atoms. The third-order valence-corrected chi connectivity index (χ3v) is 3.65. The van der Waals surface area contributed by atoms with Crippen molar-refractivity contribution in [3.05, 3.63) is 40.8 Å². The molecule has 3 nitrogen and oxygen atoms in total. The predicted octanol–water partition coefficient (Wildman–Crippen LogP) is 3.49. The number of nitrogens with zero attached hydrogens (tertiary/aromatic N) is 1. The largest absolute Gasteiger partial charge is 0.346 e. The maximum absolute atomic E-state index is 5.71. The molecule has 2 aromatic rings. The summed E-state index contributed by atoms with van der Waals surface area (Å²) in [5, 5.41) is 0. The molecule has 0 aliphatic rings. The van der Waals surface area contributed by atoms with Crippen molar-refractivity contribution in [2.45, 2.75) is 46.5 Å². The normalized spacial score (nSPS) is 11.9. The predicted molar refractivity (Wildman–Crippen MR) is 85.0 cm³/mol. The number of rotatable bonds is 3. The van der Waals surface area contributed by atoms with E-state index in [9.17, 15) is 0 Å². The Balaban J connectivity index is 2.57. The van der Waals surface area contributed by atoms with Crippen LogP contribution in [0, 0.1) is 13.8 Å². The number of benzene rings is 1. The van der Waals surface area contributed by atoms with Crippen LogP contribution in [-0.2, 0) is 11.8 Å². The number of nitrogens with one attached hydrogen (secondary N) is 1. The highest BCUT2D eigenvalue weighted by atomic mass is 14.9. The summed E-state index contributed by atoms with van der Waals surface area (Å²) >= 11 is 0. The Bertz CT molecular complexity index is 603. The van der Waals surface area contributed by atoms with Crippen molar-refractivity contribution < 1.29 is 0 Å². The first-order valence-electron chi connectivity index (χ1n) is 7.20. The van der Waals surface area contributed by atoms with Crippen molar-refractivity contribution in [3.8, 4) is 11.3 Å². The molecule has 0 radical (unpaired) electrons. The zero-order valence-electron chi connectivity index (χ0n) is 13.2. The summed E-state index contributed by atoms with van der Waals surface area (Å²) < 4.78 is 0. The summed E-state index contributed by atoms with van der Waals surface area (Å²) in [5.41, 5.74) is 11.8. The van der Waals surface area contributed by atoms with Crippen molar-refractivity contribution >= 4 is 0 Å². The highest BCUT2D eigenvalue weighted by molar-refractivity contribution is 5.67. The Labute approximate surface area is 121 Å². The Morgan fingerprint density at radius 1 is 1.20 bits per heavy atom. The number of H-pyrrole nitrogens is 1. The summed E-state index contributed by atoms with van der Waals surface area (Å²) in [7, 11) is 0. The molecule has 0 unspecified atom stereocenters. The molecule has 1 aromatic heterocycles. The number of aromatic nitrogens is 2. The van der Waals surface area contributed by atoms with E-state index in [0.29, 0.717) is 6.54 Å². The van der Waals surface area contributed by atoms with Crippen LogP contribution in [0.5, 0.6) is 0 Å². The van der Waals surface area contributed by atoms with Crippen LogP contribution in [0.4, 0.5) is 0 Å².